The summed E-state index contributed by atoms with van der Waals surface area (Å²) < 4.78 is 0. The summed E-state index contributed by atoms with van der Waals surface area (Å²) in [4.78, 5) is 22.1. The van der Waals surface area contributed by atoms with Crippen LogP contribution >= 0.6 is 11.8 Å². The van der Waals surface area contributed by atoms with E-state index in [1.807, 2.05) is 11.8 Å². The van der Waals surface area contributed by atoms with Gasteiger partial charge in [0, 0.05) is 12.5 Å². The Kier molecular flexibility index (Phi) is 4.94. The van der Waals surface area contributed by atoms with Crippen LogP contribution in [0.3, 0.4) is 0 Å². The highest BCUT2D eigenvalue weighted by Gasteiger charge is 2.22. The molecule has 0 aromatic heterocycles. The Morgan fingerprint density at radius 2 is 2.07 bits per heavy atom. The van der Waals surface area contributed by atoms with Crippen LogP contribution in [0.1, 0.15) is 19.8 Å². The van der Waals surface area contributed by atoms with Crippen molar-refractivity contribution in [1.82, 2.24) is 5.32 Å². The number of rotatable bonds is 4. The van der Waals surface area contributed by atoms with Crippen molar-refractivity contribution in [2.24, 2.45) is 11.8 Å². The monoisotopic (exact) mass is 231 g/mol. The van der Waals surface area contributed by atoms with Crippen LogP contribution in [0.25, 0.3) is 0 Å². The number of nitrogens with one attached hydrogen (secondary N) is 1. The Morgan fingerprint density at radius 1 is 1.47 bits per heavy atom. The molecule has 1 unspecified atom stereocenters. The molecule has 2 N–H and O–H groups in total. The first kappa shape index (κ1) is 12.4. The van der Waals surface area contributed by atoms with E-state index in [1.165, 1.54) is 0 Å². The van der Waals surface area contributed by atoms with Gasteiger partial charge in [-0.05, 0) is 24.3 Å². The molecule has 0 bridgehead atoms. The minimum atomic E-state index is -0.866. The smallest absolute Gasteiger partial charge is 0.308 e. The molecule has 1 aliphatic heterocycles. The molecule has 4 nitrogen and oxygen atoms in total. The second-order valence-electron chi connectivity index (χ2n) is 3.87. The van der Waals surface area contributed by atoms with Gasteiger partial charge in [-0.2, -0.15) is 11.8 Å². The number of carboxylic acid groups (broad SMARTS) is 1. The van der Waals surface area contributed by atoms with Crippen molar-refractivity contribution in [3.8, 4) is 0 Å². The van der Waals surface area contributed by atoms with E-state index in [1.54, 1.807) is 6.92 Å². The molecule has 1 aliphatic rings. The third-order valence-electron chi connectivity index (χ3n) is 2.60. The number of amides is 1. The highest BCUT2D eigenvalue weighted by Crippen LogP contribution is 2.22. The number of hydrogen-bond acceptors (Lipinski definition) is 3. The van der Waals surface area contributed by atoms with Crippen LogP contribution in [0, 0.1) is 11.8 Å². The van der Waals surface area contributed by atoms with Gasteiger partial charge >= 0.3 is 5.97 Å². The van der Waals surface area contributed by atoms with Crippen LogP contribution in [-0.2, 0) is 9.59 Å². The second kappa shape index (κ2) is 6.00. The number of carboxylic acids is 1. The number of carbonyl (C=O) groups is 2. The van der Waals surface area contributed by atoms with Gasteiger partial charge in [-0.15, -0.1) is 0 Å². The van der Waals surface area contributed by atoms with Gasteiger partial charge in [-0.1, -0.05) is 6.92 Å². The minimum absolute atomic E-state index is 0.0170. The highest BCUT2D eigenvalue weighted by atomic mass is 32.2. The first-order valence-corrected chi connectivity index (χ1v) is 6.35. The molecule has 0 spiro atoms. The standard InChI is InChI=1S/C10H17NO3S/c1-7(10(13)14)6-11-9(12)8-2-4-15-5-3-8/h7-8H,2-6H2,1H3,(H,11,12)(H,13,14). The van der Waals surface area contributed by atoms with Crippen LogP contribution in [0.15, 0.2) is 0 Å². The van der Waals surface area contributed by atoms with Gasteiger partial charge < -0.3 is 10.4 Å². The maximum absolute atomic E-state index is 11.6. The summed E-state index contributed by atoms with van der Waals surface area (Å²) in [6.07, 6.45) is 1.83. The predicted octanol–water partition coefficient (Wildman–Crippen LogP) is 0.966. The molecule has 0 radical (unpaired) electrons. The van der Waals surface area contributed by atoms with Crippen molar-refractivity contribution in [3.05, 3.63) is 0 Å². The molecule has 0 aliphatic carbocycles. The zero-order valence-electron chi connectivity index (χ0n) is 8.86. The summed E-state index contributed by atoms with van der Waals surface area (Å²) >= 11 is 1.87. The lowest BCUT2D eigenvalue weighted by Gasteiger charge is -2.21. The fraction of sp³-hybridized carbons (Fsp3) is 0.800. The zero-order chi connectivity index (χ0) is 11.3. The van der Waals surface area contributed by atoms with E-state index in [4.69, 9.17) is 5.11 Å². The zero-order valence-corrected chi connectivity index (χ0v) is 9.68. The van der Waals surface area contributed by atoms with Crippen LogP contribution in [0.4, 0.5) is 0 Å². The van der Waals surface area contributed by atoms with Gasteiger partial charge in [0.15, 0.2) is 0 Å². The van der Waals surface area contributed by atoms with Gasteiger partial charge in [0.05, 0.1) is 5.92 Å². The van der Waals surface area contributed by atoms with Crippen LogP contribution < -0.4 is 5.32 Å². The van der Waals surface area contributed by atoms with E-state index in [0.29, 0.717) is 0 Å². The van der Waals surface area contributed by atoms with Crippen LogP contribution in [-0.4, -0.2) is 35.0 Å². The molecule has 5 heteroatoms. The van der Waals surface area contributed by atoms with Gasteiger partial charge in [0.2, 0.25) is 5.91 Å². The number of carbonyl (C=O) groups excluding carboxylic acids is 1. The second-order valence-corrected chi connectivity index (χ2v) is 5.10. The lowest BCUT2D eigenvalue weighted by Crippen LogP contribution is -2.37. The topological polar surface area (TPSA) is 66.4 Å². The molecular weight excluding hydrogens is 214 g/mol. The largest absolute Gasteiger partial charge is 0.481 e. The first-order chi connectivity index (χ1) is 7.11. The summed E-state index contributed by atoms with van der Waals surface area (Å²) in [6.45, 7) is 1.83. The lowest BCUT2D eigenvalue weighted by atomic mass is 10.0. The minimum Gasteiger partial charge on any atom is -0.481 e. The van der Waals surface area contributed by atoms with E-state index in [9.17, 15) is 9.59 Å². The molecule has 1 saturated heterocycles. The Morgan fingerprint density at radius 3 is 2.60 bits per heavy atom. The summed E-state index contributed by atoms with van der Waals surface area (Å²) in [7, 11) is 0. The Bertz CT molecular complexity index is 239. The quantitative estimate of drug-likeness (QED) is 0.756. The lowest BCUT2D eigenvalue weighted by molar-refractivity contribution is -0.141. The van der Waals surface area contributed by atoms with Crippen LogP contribution in [0.5, 0.6) is 0 Å². The Hall–Kier alpha value is -0.710. The normalized spacial score (nSPS) is 19.5. The molecule has 1 rings (SSSR count). The molecule has 86 valence electrons. The van der Waals surface area contributed by atoms with Crippen LogP contribution in [0.2, 0.25) is 0 Å². The molecule has 1 heterocycles. The Balaban J connectivity index is 2.25. The summed E-state index contributed by atoms with van der Waals surface area (Å²) in [5.41, 5.74) is 0. The average molecular weight is 231 g/mol. The SMILES string of the molecule is CC(CNC(=O)C1CCSCC1)C(=O)O. The fourth-order valence-electron chi connectivity index (χ4n) is 1.45. The third kappa shape index (κ3) is 4.11. The number of thioether (sulfide) groups is 1. The van der Waals surface area contributed by atoms with Crippen molar-refractivity contribution in [1.29, 1.82) is 0 Å². The highest BCUT2D eigenvalue weighted by molar-refractivity contribution is 7.99. The molecular formula is C10H17NO3S. The fourth-order valence-corrected chi connectivity index (χ4v) is 2.55. The van der Waals surface area contributed by atoms with Crippen molar-refractivity contribution >= 4 is 23.6 Å². The first-order valence-electron chi connectivity index (χ1n) is 5.19. The molecule has 0 saturated carbocycles. The maximum atomic E-state index is 11.6. The van der Waals surface area contributed by atoms with Gasteiger partial charge in [0.1, 0.15) is 0 Å². The average Bonchev–Trinajstić information content (AvgIpc) is 2.26. The van der Waals surface area contributed by atoms with E-state index in [-0.39, 0.29) is 18.4 Å². The molecule has 1 amide bonds. The number of hydrogen-bond donors (Lipinski definition) is 2. The van der Waals surface area contributed by atoms with Crippen molar-refractivity contribution < 1.29 is 14.7 Å². The summed E-state index contributed by atoms with van der Waals surface area (Å²) in [5.74, 6) is 0.802. The van der Waals surface area contributed by atoms with Gasteiger partial charge in [-0.25, -0.2) is 0 Å². The molecule has 1 atom stereocenters. The van der Waals surface area contributed by atoms with Crippen molar-refractivity contribution in [2.75, 3.05) is 18.1 Å². The van der Waals surface area contributed by atoms with E-state index in [0.717, 1.165) is 24.3 Å². The molecule has 1 fully saturated rings. The van der Waals surface area contributed by atoms with Crippen molar-refractivity contribution in [3.63, 3.8) is 0 Å². The van der Waals surface area contributed by atoms with E-state index >= 15 is 0 Å². The summed E-state index contributed by atoms with van der Waals surface area (Å²) in [5, 5.41) is 11.4. The van der Waals surface area contributed by atoms with Gasteiger partial charge in [-0.3, -0.25) is 9.59 Å². The maximum Gasteiger partial charge on any atom is 0.308 e. The molecule has 15 heavy (non-hydrogen) atoms. The molecule has 0 aromatic carbocycles. The predicted molar refractivity (Wildman–Crippen MR) is 59.9 cm³/mol. The Labute approximate surface area is 93.8 Å². The van der Waals surface area contributed by atoms with E-state index < -0.39 is 11.9 Å². The van der Waals surface area contributed by atoms with Gasteiger partial charge in [0.25, 0.3) is 0 Å². The molecule has 0 aromatic rings. The van der Waals surface area contributed by atoms with Crippen molar-refractivity contribution in [2.45, 2.75) is 19.8 Å². The summed E-state index contributed by atoms with van der Waals surface area (Å²) in [6, 6.07) is 0. The third-order valence-corrected chi connectivity index (χ3v) is 3.64. The van der Waals surface area contributed by atoms with E-state index in [2.05, 4.69) is 5.32 Å². The number of aliphatic carboxylic acids is 1.